The van der Waals surface area contributed by atoms with Gasteiger partial charge in [0.15, 0.2) is 0 Å². The van der Waals surface area contributed by atoms with Crippen LogP contribution in [0.25, 0.3) is 0 Å². The number of hydrogen-bond donors (Lipinski definition) is 0. The van der Waals surface area contributed by atoms with Crippen molar-refractivity contribution >= 4 is 23.2 Å². The maximum atomic E-state index is 12.4. The lowest BCUT2D eigenvalue weighted by Crippen LogP contribution is -2.35. The standard InChI is InChI=1S/C13H16N2O3S/c1-2-18-13(17)11-14-10(7-19-11)12(16)15-8-3-4-9(15)6-5-8/h7-9H,2-6H2,1H3/t8-,9-. The number of fused-ring (bicyclic) bond motifs is 2. The van der Waals surface area contributed by atoms with Crippen molar-refractivity contribution in [1.29, 1.82) is 0 Å². The molecule has 2 bridgehead atoms. The first-order chi connectivity index (χ1) is 9.20. The quantitative estimate of drug-likeness (QED) is 0.795. The number of aromatic nitrogens is 1. The van der Waals surface area contributed by atoms with Crippen molar-refractivity contribution in [3.8, 4) is 0 Å². The Morgan fingerprint density at radius 1 is 1.37 bits per heavy atom. The second-order valence-electron chi connectivity index (χ2n) is 4.93. The van der Waals surface area contributed by atoms with Crippen molar-refractivity contribution in [2.45, 2.75) is 44.7 Å². The minimum absolute atomic E-state index is 0.0307. The highest BCUT2D eigenvalue weighted by Crippen LogP contribution is 2.38. The minimum atomic E-state index is -0.448. The van der Waals surface area contributed by atoms with Gasteiger partial charge in [0.1, 0.15) is 5.69 Å². The van der Waals surface area contributed by atoms with Crippen LogP contribution in [-0.4, -0.2) is 40.5 Å². The van der Waals surface area contributed by atoms with E-state index < -0.39 is 5.97 Å². The molecule has 0 spiro atoms. The van der Waals surface area contributed by atoms with Gasteiger partial charge in [-0.2, -0.15) is 0 Å². The molecule has 3 heterocycles. The molecule has 1 aromatic rings. The summed E-state index contributed by atoms with van der Waals surface area (Å²) in [5.74, 6) is -0.479. The monoisotopic (exact) mass is 280 g/mol. The number of carbonyl (C=O) groups is 2. The van der Waals surface area contributed by atoms with Crippen molar-refractivity contribution in [2.75, 3.05) is 6.61 Å². The van der Waals surface area contributed by atoms with Gasteiger partial charge in [0.05, 0.1) is 6.61 Å². The molecule has 0 aliphatic carbocycles. The highest BCUT2D eigenvalue weighted by molar-refractivity contribution is 7.11. The molecule has 2 fully saturated rings. The maximum Gasteiger partial charge on any atom is 0.367 e. The van der Waals surface area contributed by atoms with E-state index in [0.717, 1.165) is 25.7 Å². The Hall–Kier alpha value is -1.43. The van der Waals surface area contributed by atoms with Crippen LogP contribution < -0.4 is 0 Å². The van der Waals surface area contributed by atoms with E-state index in [9.17, 15) is 9.59 Å². The van der Waals surface area contributed by atoms with Crippen LogP contribution in [0.2, 0.25) is 0 Å². The summed E-state index contributed by atoms with van der Waals surface area (Å²) in [5.41, 5.74) is 0.381. The highest BCUT2D eigenvalue weighted by atomic mass is 32.1. The molecule has 0 saturated carbocycles. The zero-order valence-electron chi connectivity index (χ0n) is 10.8. The Labute approximate surface area is 115 Å². The molecule has 6 heteroatoms. The molecule has 1 aromatic heterocycles. The molecule has 2 aliphatic rings. The first kappa shape index (κ1) is 12.6. The summed E-state index contributed by atoms with van der Waals surface area (Å²) in [6.45, 7) is 2.07. The average molecular weight is 280 g/mol. The van der Waals surface area contributed by atoms with Crippen LogP contribution in [0.5, 0.6) is 0 Å². The van der Waals surface area contributed by atoms with Crippen LogP contribution in [0.1, 0.15) is 52.9 Å². The van der Waals surface area contributed by atoms with Gasteiger partial charge >= 0.3 is 5.97 Å². The Morgan fingerprint density at radius 3 is 2.58 bits per heavy atom. The predicted molar refractivity (Wildman–Crippen MR) is 70.3 cm³/mol. The molecule has 0 atom stereocenters. The van der Waals surface area contributed by atoms with Gasteiger partial charge in [-0.3, -0.25) is 4.79 Å². The lowest BCUT2D eigenvalue weighted by Gasteiger charge is -2.20. The molecule has 1 amide bonds. The van der Waals surface area contributed by atoms with Gasteiger partial charge in [-0.1, -0.05) is 0 Å². The SMILES string of the molecule is CCOC(=O)c1nc(C(=O)N2[C@H]3CC[C@H]2CC3)cs1. The van der Waals surface area contributed by atoms with Crippen LogP contribution in [0.15, 0.2) is 5.38 Å². The zero-order valence-corrected chi connectivity index (χ0v) is 11.6. The van der Waals surface area contributed by atoms with Gasteiger partial charge in [0.25, 0.3) is 5.91 Å². The molecule has 0 unspecified atom stereocenters. The van der Waals surface area contributed by atoms with Gasteiger partial charge < -0.3 is 9.64 Å². The van der Waals surface area contributed by atoms with Gasteiger partial charge in [0.2, 0.25) is 5.01 Å². The van der Waals surface area contributed by atoms with Gasteiger partial charge in [-0.15, -0.1) is 11.3 Å². The summed E-state index contributed by atoms with van der Waals surface area (Å²) < 4.78 is 4.89. The molecule has 19 heavy (non-hydrogen) atoms. The lowest BCUT2D eigenvalue weighted by molar-refractivity contribution is 0.0526. The predicted octanol–water partition coefficient (Wildman–Crippen LogP) is 2.09. The molecule has 0 aromatic carbocycles. The van der Waals surface area contributed by atoms with Crippen molar-refractivity contribution in [1.82, 2.24) is 9.88 Å². The lowest BCUT2D eigenvalue weighted by atomic mass is 10.0. The normalized spacial score (nSPS) is 24.8. The van der Waals surface area contributed by atoms with Crippen LogP contribution >= 0.6 is 11.3 Å². The Kier molecular flexibility index (Phi) is 3.26. The number of amides is 1. The molecule has 102 valence electrons. The molecule has 0 radical (unpaired) electrons. The summed E-state index contributed by atoms with van der Waals surface area (Å²) in [6, 6.07) is 0.760. The fourth-order valence-corrected chi connectivity index (χ4v) is 3.72. The summed E-state index contributed by atoms with van der Waals surface area (Å²) >= 11 is 1.17. The maximum absolute atomic E-state index is 12.4. The van der Waals surface area contributed by atoms with E-state index in [1.54, 1.807) is 12.3 Å². The number of esters is 1. The zero-order chi connectivity index (χ0) is 13.4. The number of ether oxygens (including phenoxy) is 1. The van der Waals surface area contributed by atoms with E-state index in [1.165, 1.54) is 11.3 Å². The Balaban J connectivity index is 1.76. The molecular formula is C13H16N2O3S. The van der Waals surface area contributed by atoms with Crippen molar-refractivity contribution in [3.05, 3.63) is 16.1 Å². The van der Waals surface area contributed by atoms with Crippen molar-refractivity contribution < 1.29 is 14.3 Å². The fourth-order valence-electron chi connectivity index (χ4n) is 3.04. The third kappa shape index (κ3) is 2.14. The van der Waals surface area contributed by atoms with Crippen molar-refractivity contribution in [3.63, 3.8) is 0 Å². The molecule has 5 nitrogen and oxygen atoms in total. The van der Waals surface area contributed by atoms with Gasteiger partial charge in [0, 0.05) is 17.5 Å². The Morgan fingerprint density at radius 2 is 2.00 bits per heavy atom. The highest BCUT2D eigenvalue weighted by Gasteiger charge is 2.42. The van der Waals surface area contributed by atoms with Crippen LogP contribution in [0.3, 0.4) is 0 Å². The summed E-state index contributed by atoms with van der Waals surface area (Å²) in [4.78, 5) is 30.0. The first-order valence-corrected chi connectivity index (χ1v) is 7.54. The third-order valence-electron chi connectivity index (χ3n) is 3.86. The second kappa shape index (κ2) is 4.92. The van der Waals surface area contributed by atoms with E-state index in [1.807, 2.05) is 4.90 Å². The largest absolute Gasteiger partial charge is 0.461 e. The van der Waals surface area contributed by atoms with Gasteiger partial charge in [-0.25, -0.2) is 9.78 Å². The van der Waals surface area contributed by atoms with E-state index in [-0.39, 0.29) is 10.9 Å². The summed E-state index contributed by atoms with van der Waals surface area (Å²) in [5, 5.41) is 1.92. The van der Waals surface area contributed by atoms with Crippen molar-refractivity contribution in [2.24, 2.45) is 0 Å². The number of carbonyl (C=O) groups excluding carboxylic acids is 2. The molecule has 2 aliphatic heterocycles. The van der Waals surface area contributed by atoms with Crippen LogP contribution in [-0.2, 0) is 4.74 Å². The smallest absolute Gasteiger partial charge is 0.367 e. The van der Waals surface area contributed by atoms with Gasteiger partial charge in [-0.05, 0) is 32.6 Å². The number of hydrogen-bond acceptors (Lipinski definition) is 5. The van der Waals surface area contributed by atoms with E-state index in [4.69, 9.17) is 4.74 Å². The summed E-state index contributed by atoms with van der Waals surface area (Å²) in [6.07, 6.45) is 4.41. The molecule has 3 rings (SSSR count). The third-order valence-corrected chi connectivity index (χ3v) is 4.68. The number of rotatable bonds is 3. The Bertz CT molecular complexity index is 494. The summed E-state index contributed by atoms with van der Waals surface area (Å²) in [7, 11) is 0. The number of thiazole rings is 1. The van der Waals surface area contributed by atoms with Crippen LogP contribution in [0.4, 0.5) is 0 Å². The fraction of sp³-hybridized carbons (Fsp3) is 0.615. The van der Waals surface area contributed by atoms with E-state index in [0.29, 0.717) is 24.4 Å². The van der Waals surface area contributed by atoms with E-state index >= 15 is 0 Å². The van der Waals surface area contributed by atoms with Crippen LogP contribution in [0, 0.1) is 0 Å². The first-order valence-electron chi connectivity index (χ1n) is 6.66. The van der Waals surface area contributed by atoms with E-state index in [2.05, 4.69) is 4.98 Å². The number of nitrogens with zero attached hydrogens (tertiary/aromatic N) is 2. The average Bonchev–Trinajstić information content (AvgIpc) is 3.13. The molecule has 2 saturated heterocycles. The second-order valence-corrected chi connectivity index (χ2v) is 5.79. The minimum Gasteiger partial charge on any atom is -0.461 e. The topological polar surface area (TPSA) is 59.5 Å². The molecular weight excluding hydrogens is 264 g/mol. The molecule has 0 N–H and O–H groups in total.